The van der Waals surface area contributed by atoms with Gasteiger partial charge in [0.25, 0.3) is 0 Å². The molecular weight excluding hydrogens is 566 g/mol. The number of fused-ring (bicyclic) bond motifs is 1. The van der Waals surface area contributed by atoms with Crippen LogP contribution in [0.1, 0.15) is 69.7 Å². The fourth-order valence-corrected chi connectivity index (χ4v) is 7.03. The van der Waals surface area contributed by atoms with E-state index in [4.69, 9.17) is 9.47 Å². The number of benzene rings is 3. The van der Waals surface area contributed by atoms with Gasteiger partial charge in [-0.05, 0) is 98.9 Å². The third-order valence-electron chi connectivity index (χ3n) is 8.10. The molecule has 4 aromatic rings. The van der Waals surface area contributed by atoms with Crippen molar-refractivity contribution in [1.29, 1.82) is 0 Å². The molecule has 6 heteroatoms. The fraction of sp³-hybridized carbons (Fsp3) is 0.263. The van der Waals surface area contributed by atoms with Gasteiger partial charge in [0, 0.05) is 32.6 Å². The van der Waals surface area contributed by atoms with Crippen molar-refractivity contribution < 1.29 is 19.1 Å². The molecule has 5 nitrogen and oxygen atoms in total. The Morgan fingerprint density at radius 1 is 0.795 bits per heavy atom. The molecule has 224 valence electrons. The Morgan fingerprint density at radius 2 is 1.57 bits per heavy atom. The Hall–Kier alpha value is -4.26. The van der Waals surface area contributed by atoms with Crippen molar-refractivity contribution in [2.75, 3.05) is 26.2 Å². The number of allylic oxidation sites excluding steroid dienone is 6. The van der Waals surface area contributed by atoms with Gasteiger partial charge in [0.05, 0.1) is 12.2 Å². The number of rotatable bonds is 10. The molecule has 0 radical (unpaired) electrons. The SMILES string of the molecule is O=C(Oc1ccc2c(C(=O)c3ccc(OCCCN4CCCCCC4)cc3)c(C3=CC=CC=CC3)sc2c1)c1ccccc1. The molecule has 1 aromatic heterocycles. The van der Waals surface area contributed by atoms with Crippen LogP contribution in [0.4, 0.5) is 0 Å². The van der Waals surface area contributed by atoms with Crippen LogP contribution in [0.25, 0.3) is 15.7 Å². The molecule has 6 rings (SSSR count). The maximum absolute atomic E-state index is 14.1. The smallest absolute Gasteiger partial charge is 0.343 e. The van der Waals surface area contributed by atoms with Crippen LogP contribution in [0.15, 0.2) is 103 Å². The molecule has 0 unspecified atom stereocenters. The molecule has 44 heavy (non-hydrogen) atoms. The summed E-state index contributed by atoms with van der Waals surface area (Å²) in [5, 5.41) is 0.849. The average Bonchev–Trinajstić information content (AvgIpc) is 3.25. The summed E-state index contributed by atoms with van der Waals surface area (Å²) in [7, 11) is 0. The van der Waals surface area contributed by atoms with Gasteiger partial charge in [-0.1, -0.05) is 61.4 Å². The first-order chi connectivity index (χ1) is 21.7. The first kappa shape index (κ1) is 29.8. The predicted molar refractivity (Wildman–Crippen MR) is 179 cm³/mol. The van der Waals surface area contributed by atoms with E-state index in [0.717, 1.165) is 45.7 Å². The van der Waals surface area contributed by atoms with Gasteiger partial charge in [-0.25, -0.2) is 4.79 Å². The average molecular weight is 604 g/mol. The summed E-state index contributed by atoms with van der Waals surface area (Å²) in [6, 6.07) is 21.9. The highest BCUT2D eigenvalue weighted by molar-refractivity contribution is 7.20. The van der Waals surface area contributed by atoms with E-state index in [2.05, 4.69) is 17.1 Å². The minimum absolute atomic E-state index is 0.0360. The van der Waals surface area contributed by atoms with E-state index < -0.39 is 5.97 Å². The van der Waals surface area contributed by atoms with E-state index in [-0.39, 0.29) is 5.78 Å². The zero-order chi connectivity index (χ0) is 30.1. The van der Waals surface area contributed by atoms with Crippen LogP contribution >= 0.6 is 11.3 Å². The van der Waals surface area contributed by atoms with E-state index in [1.165, 1.54) is 38.8 Å². The molecule has 0 atom stereocenters. The van der Waals surface area contributed by atoms with Crippen LogP contribution in [0, 0.1) is 0 Å². The maximum atomic E-state index is 14.1. The van der Waals surface area contributed by atoms with Crippen LogP contribution in [0.2, 0.25) is 0 Å². The number of likely N-dealkylation sites (tertiary alicyclic amines) is 1. The zero-order valence-corrected chi connectivity index (χ0v) is 25.7. The first-order valence-electron chi connectivity index (χ1n) is 15.5. The van der Waals surface area contributed by atoms with E-state index in [1.54, 1.807) is 29.5 Å². The fourth-order valence-electron chi connectivity index (χ4n) is 5.76. The summed E-state index contributed by atoms with van der Waals surface area (Å²) in [5.41, 5.74) is 2.85. The topological polar surface area (TPSA) is 55.8 Å². The summed E-state index contributed by atoms with van der Waals surface area (Å²) in [6.45, 7) is 4.12. The molecule has 1 aliphatic carbocycles. The van der Waals surface area contributed by atoms with Gasteiger partial charge in [-0.2, -0.15) is 0 Å². The minimum Gasteiger partial charge on any atom is -0.494 e. The lowest BCUT2D eigenvalue weighted by molar-refractivity contribution is 0.0734. The third-order valence-corrected chi connectivity index (χ3v) is 9.32. The van der Waals surface area contributed by atoms with E-state index in [9.17, 15) is 9.59 Å². The number of nitrogens with zero attached hydrogens (tertiary/aromatic N) is 1. The van der Waals surface area contributed by atoms with Gasteiger partial charge in [-0.3, -0.25) is 4.79 Å². The summed E-state index contributed by atoms with van der Waals surface area (Å²) in [6.07, 6.45) is 17.2. The number of hydrogen-bond acceptors (Lipinski definition) is 6. The van der Waals surface area contributed by atoms with Crippen LogP contribution in [0.5, 0.6) is 11.5 Å². The highest BCUT2D eigenvalue weighted by Gasteiger charge is 2.23. The summed E-state index contributed by atoms with van der Waals surface area (Å²) in [5.74, 6) is 0.778. The maximum Gasteiger partial charge on any atom is 0.343 e. The minimum atomic E-state index is -0.413. The summed E-state index contributed by atoms with van der Waals surface area (Å²) >= 11 is 1.55. The third kappa shape index (κ3) is 7.26. The highest BCUT2D eigenvalue weighted by Crippen LogP contribution is 2.40. The van der Waals surface area contributed by atoms with Gasteiger partial charge in [0.1, 0.15) is 11.5 Å². The molecule has 2 heterocycles. The van der Waals surface area contributed by atoms with Crippen molar-refractivity contribution in [3.63, 3.8) is 0 Å². The Morgan fingerprint density at radius 3 is 2.36 bits per heavy atom. The zero-order valence-electron chi connectivity index (χ0n) is 24.9. The summed E-state index contributed by atoms with van der Waals surface area (Å²) in [4.78, 5) is 30.3. The molecule has 1 fully saturated rings. The predicted octanol–water partition coefficient (Wildman–Crippen LogP) is 8.90. The Kier molecular flexibility index (Phi) is 9.80. The van der Waals surface area contributed by atoms with E-state index >= 15 is 0 Å². The molecule has 0 amide bonds. The molecule has 1 aliphatic heterocycles. The van der Waals surface area contributed by atoms with Crippen LogP contribution < -0.4 is 9.47 Å². The quantitative estimate of drug-likeness (QED) is 0.0784. The van der Waals surface area contributed by atoms with Crippen LogP contribution in [-0.4, -0.2) is 42.9 Å². The molecular formula is C38H37NO4S. The molecule has 0 saturated carbocycles. The second kappa shape index (κ2) is 14.5. The Bertz CT molecular complexity index is 1690. The lowest BCUT2D eigenvalue weighted by Gasteiger charge is -2.19. The van der Waals surface area contributed by atoms with Crippen molar-refractivity contribution in [1.82, 2.24) is 4.90 Å². The Balaban J connectivity index is 1.21. The van der Waals surface area contributed by atoms with Crippen molar-refractivity contribution >= 4 is 38.7 Å². The van der Waals surface area contributed by atoms with Gasteiger partial charge in [-0.15, -0.1) is 11.3 Å². The monoisotopic (exact) mass is 603 g/mol. The lowest BCUT2D eigenvalue weighted by Crippen LogP contribution is -2.26. The standard InChI is InChI=1S/C38H37NO4S/c40-36(28-17-19-31(20-18-28)42-26-12-25-39-23-10-3-4-11-24-39)35-33-22-21-32(43-38(41)30-15-8-5-9-16-30)27-34(33)44-37(35)29-13-6-1-2-7-14-29/h1-2,5-9,13,15-22,27H,3-4,10-12,14,23-26H2. The number of esters is 1. The first-order valence-corrected chi connectivity index (χ1v) is 16.3. The van der Waals surface area contributed by atoms with Crippen molar-refractivity contribution in [3.8, 4) is 11.5 Å². The number of carbonyl (C=O) groups excluding carboxylic acids is 2. The van der Waals surface area contributed by atoms with Crippen molar-refractivity contribution in [2.45, 2.75) is 38.5 Å². The van der Waals surface area contributed by atoms with E-state index in [1.807, 2.05) is 72.8 Å². The van der Waals surface area contributed by atoms with Gasteiger partial charge >= 0.3 is 5.97 Å². The number of ether oxygens (including phenoxy) is 2. The van der Waals surface area contributed by atoms with E-state index in [0.29, 0.717) is 29.0 Å². The molecule has 1 saturated heterocycles. The molecule has 0 bridgehead atoms. The lowest BCUT2D eigenvalue weighted by atomic mass is 9.96. The normalized spacial score (nSPS) is 15.4. The number of thiophene rings is 1. The molecule has 0 spiro atoms. The van der Waals surface area contributed by atoms with Gasteiger partial charge in [0.15, 0.2) is 5.78 Å². The number of ketones is 1. The second-order valence-corrected chi connectivity index (χ2v) is 12.3. The van der Waals surface area contributed by atoms with Crippen molar-refractivity contribution in [2.24, 2.45) is 0 Å². The molecule has 0 N–H and O–H groups in total. The van der Waals surface area contributed by atoms with Crippen molar-refractivity contribution in [3.05, 3.63) is 125 Å². The van der Waals surface area contributed by atoms with Crippen LogP contribution in [0.3, 0.4) is 0 Å². The largest absolute Gasteiger partial charge is 0.494 e. The van der Waals surface area contributed by atoms with Crippen LogP contribution in [-0.2, 0) is 0 Å². The second-order valence-electron chi connectivity index (χ2n) is 11.2. The van der Waals surface area contributed by atoms with Gasteiger partial charge in [0.2, 0.25) is 0 Å². The summed E-state index contributed by atoms with van der Waals surface area (Å²) < 4.78 is 12.6. The Labute approximate surface area is 263 Å². The van der Waals surface area contributed by atoms with Gasteiger partial charge < -0.3 is 14.4 Å². The number of hydrogen-bond donors (Lipinski definition) is 0. The highest BCUT2D eigenvalue weighted by atomic mass is 32.1. The number of carbonyl (C=O) groups is 2. The molecule has 2 aliphatic rings. The molecule has 3 aromatic carbocycles.